The number of rotatable bonds is 4. The molecule has 0 saturated heterocycles. The van der Waals surface area contributed by atoms with Gasteiger partial charge >= 0.3 is 0 Å². The highest BCUT2D eigenvalue weighted by Crippen LogP contribution is 2.39. The van der Waals surface area contributed by atoms with Crippen LogP contribution in [0.5, 0.6) is 0 Å². The Morgan fingerprint density at radius 3 is 2.07 bits per heavy atom. The van der Waals surface area contributed by atoms with Crippen LogP contribution >= 0.6 is 0 Å². The van der Waals surface area contributed by atoms with E-state index in [9.17, 15) is 0 Å². The molecule has 8 aromatic rings. The zero-order chi connectivity index (χ0) is 29.0. The number of furan rings is 1. The minimum Gasteiger partial charge on any atom is -0.456 e. The SMILES string of the molecule is c1ccc(C2=NC(c3ccc4c(c3)oc3cc5c(cc34)c3ccccc3n5-c3ccccc3)NC(c3ccccc3)N2)cc1. The van der Waals surface area contributed by atoms with Gasteiger partial charge in [-0.2, -0.15) is 0 Å². The monoisotopic (exact) mass is 568 g/mol. The van der Waals surface area contributed by atoms with Crippen LogP contribution in [0.4, 0.5) is 0 Å². The number of benzene rings is 6. The first-order valence-electron chi connectivity index (χ1n) is 15.0. The first kappa shape index (κ1) is 24.9. The maximum atomic E-state index is 6.60. The van der Waals surface area contributed by atoms with Gasteiger partial charge in [0.25, 0.3) is 0 Å². The maximum Gasteiger partial charge on any atom is 0.137 e. The number of para-hydroxylation sites is 2. The van der Waals surface area contributed by atoms with Gasteiger partial charge in [-0.15, -0.1) is 0 Å². The number of fused-ring (bicyclic) bond motifs is 6. The summed E-state index contributed by atoms with van der Waals surface area (Å²) in [6.45, 7) is 0. The van der Waals surface area contributed by atoms with Crippen LogP contribution in [0.25, 0.3) is 49.4 Å². The van der Waals surface area contributed by atoms with Gasteiger partial charge in [0, 0.05) is 38.9 Å². The second-order valence-electron chi connectivity index (χ2n) is 11.3. The van der Waals surface area contributed by atoms with E-state index in [2.05, 4.69) is 137 Å². The fourth-order valence-electron chi connectivity index (χ4n) is 6.57. The number of nitrogens with one attached hydrogen (secondary N) is 2. The van der Waals surface area contributed by atoms with Gasteiger partial charge in [-0.25, -0.2) is 4.99 Å². The van der Waals surface area contributed by atoms with Crippen molar-refractivity contribution < 1.29 is 4.42 Å². The van der Waals surface area contributed by atoms with Crippen LogP contribution in [-0.4, -0.2) is 10.4 Å². The molecule has 0 fully saturated rings. The third-order valence-corrected chi connectivity index (χ3v) is 8.66. The second-order valence-corrected chi connectivity index (χ2v) is 11.3. The van der Waals surface area contributed by atoms with Crippen molar-refractivity contribution >= 4 is 49.6 Å². The average Bonchev–Trinajstić information content (AvgIpc) is 3.62. The zero-order valence-electron chi connectivity index (χ0n) is 23.8. The highest BCUT2D eigenvalue weighted by Gasteiger charge is 2.26. The molecule has 0 bridgehead atoms. The Morgan fingerprint density at radius 2 is 1.25 bits per heavy atom. The first-order chi connectivity index (χ1) is 21.8. The van der Waals surface area contributed by atoms with Gasteiger partial charge in [-0.1, -0.05) is 109 Å². The summed E-state index contributed by atoms with van der Waals surface area (Å²) in [7, 11) is 0. The Kier molecular flexibility index (Phi) is 5.64. The molecular formula is C39H28N4O. The highest BCUT2D eigenvalue weighted by atomic mass is 16.3. The molecule has 0 amide bonds. The van der Waals surface area contributed by atoms with E-state index < -0.39 is 0 Å². The molecule has 1 aliphatic heterocycles. The molecule has 44 heavy (non-hydrogen) atoms. The van der Waals surface area contributed by atoms with E-state index in [1.165, 1.54) is 16.3 Å². The Balaban J connectivity index is 1.19. The van der Waals surface area contributed by atoms with E-state index in [0.29, 0.717) is 0 Å². The molecule has 0 radical (unpaired) electrons. The molecule has 6 aromatic carbocycles. The number of amidine groups is 1. The van der Waals surface area contributed by atoms with E-state index in [1.54, 1.807) is 0 Å². The molecular weight excluding hydrogens is 540 g/mol. The van der Waals surface area contributed by atoms with E-state index >= 15 is 0 Å². The molecule has 2 aromatic heterocycles. The predicted molar refractivity (Wildman–Crippen MR) is 179 cm³/mol. The summed E-state index contributed by atoms with van der Waals surface area (Å²) in [4.78, 5) is 5.12. The second kappa shape index (κ2) is 9.97. The van der Waals surface area contributed by atoms with Crippen molar-refractivity contribution in [2.75, 3.05) is 0 Å². The number of hydrogen-bond acceptors (Lipinski definition) is 4. The van der Waals surface area contributed by atoms with Gasteiger partial charge < -0.3 is 14.3 Å². The standard InChI is InChI=1S/C39H28N4O/c1-4-12-25(13-5-1)37-40-38(26-14-6-2-7-15-26)42-39(41-37)27-20-21-30-32-23-31-29-18-10-11-19-33(29)43(28-16-8-3-9-17-28)34(31)24-36(32)44-35(30)22-27/h1-24,37,39,41H,(H,40,42). The van der Waals surface area contributed by atoms with Crippen LogP contribution in [0.1, 0.15) is 29.0 Å². The lowest BCUT2D eigenvalue weighted by Crippen LogP contribution is -2.44. The Morgan fingerprint density at radius 1 is 0.545 bits per heavy atom. The fourth-order valence-corrected chi connectivity index (χ4v) is 6.57. The largest absolute Gasteiger partial charge is 0.456 e. The summed E-state index contributed by atoms with van der Waals surface area (Å²) in [5.74, 6) is 0.865. The van der Waals surface area contributed by atoms with Crippen LogP contribution in [-0.2, 0) is 0 Å². The Labute approximate surface area is 254 Å². The number of aliphatic imine (C=N–C) groups is 1. The summed E-state index contributed by atoms with van der Waals surface area (Å²) in [5.41, 5.74) is 8.44. The molecule has 2 N–H and O–H groups in total. The first-order valence-corrected chi connectivity index (χ1v) is 15.0. The van der Waals surface area contributed by atoms with Gasteiger partial charge in [0.15, 0.2) is 0 Å². The average molecular weight is 569 g/mol. The molecule has 2 unspecified atom stereocenters. The van der Waals surface area contributed by atoms with Crippen LogP contribution in [0, 0.1) is 0 Å². The summed E-state index contributed by atoms with van der Waals surface area (Å²) >= 11 is 0. The topological polar surface area (TPSA) is 54.5 Å². The lowest BCUT2D eigenvalue weighted by molar-refractivity contribution is 0.409. The molecule has 2 atom stereocenters. The van der Waals surface area contributed by atoms with Crippen molar-refractivity contribution in [1.29, 1.82) is 0 Å². The van der Waals surface area contributed by atoms with Crippen molar-refractivity contribution in [3.8, 4) is 5.69 Å². The van der Waals surface area contributed by atoms with Crippen LogP contribution < -0.4 is 10.6 Å². The number of aromatic nitrogens is 1. The molecule has 0 saturated carbocycles. The smallest absolute Gasteiger partial charge is 0.137 e. The quantitative estimate of drug-likeness (QED) is 0.223. The molecule has 1 aliphatic rings. The lowest BCUT2D eigenvalue weighted by atomic mass is 10.0. The van der Waals surface area contributed by atoms with Crippen LogP contribution in [0.15, 0.2) is 155 Å². The van der Waals surface area contributed by atoms with Gasteiger partial charge in [0.2, 0.25) is 0 Å². The Hall–Kier alpha value is -5.65. The van der Waals surface area contributed by atoms with Gasteiger partial charge in [-0.3, -0.25) is 5.32 Å². The number of nitrogens with zero attached hydrogens (tertiary/aromatic N) is 2. The predicted octanol–water partition coefficient (Wildman–Crippen LogP) is 9.02. The molecule has 0 spiro atoms. The van der Waals surface area contributed by atoms with Gasteiger partial charge in [0.1, 0.15) is 29.3 Å². The summed E-state index contributed by atoms with van der Waals surface area (Å²) in [6, 6.07) is 50.8. The van der Waals surface area contributed by atoms with E-state index in [-0.39, 0.29) is 12.3 Å². The zero-order valence-corrected chi connectivity index (χ0v) is 23.8. The highest BCUT2D eigenvalue weighted by molar-refractivity contribution is 6.17. The van der Waals surface area contributed by atoms with Crippen molar-refractivity contribution in [3.05, 3.63) is 162 Å². The molecule has 210 valence electrons. The molecule has 5 nitrogen and oxygen atoms in total. The Bertz CT molecular complexity index is 2340. The van der Waals surface area contributed by atoms with E-state index in [0.717, 1.165) is 55.7 Å². The normalized spacial score (nSPS) is 16.9. The minimum absolute atomic E-state index is 0.0905. The third kappa shape index (κ3) is 4.02. The molecule has 0 aliphatic carbocycles. The minimum atomic E-state index is -0.250. The maximum absolute atomic E-state index is 6.60. The summed E-state index contributed by atoms with van der Waals surface area (Å²) in [6.07, 6.45) is -0.341. The van der Waals surface area contributed by atoms with Crippen molar-refractivity contribution in [2.45, 2.75) is 12.3 Å². The van der Waals surface area contributed by atoms with Gasteiger partial charge in [-0.05, 0) is 41.5 Å². The van der Waals surface area contributed by atoms with Crippen LogP contribution in [0.2, 0.25) is 0 Å². The lowest BCUT2D eigenvalue weighted by Gasteiger charge is -2.32. The number of hydrogen-bond donors (Lipinski definition) is 2. The third-order valence-electron chi connectivity index (χ3n) is 8.66. The summed E-state index contributed by atoms with van der Waals surface area (Å²) in [5, 5.41) is 12.0. The molecule has 5 heteroatoms. The molecule has 3 heterocycles. The fraction of sp³-hybridized carbons (Fsp3) is 0.0513. The van der Waals surface area contributed by atoms with E-state index in [1.807, 2.05) is 24.3 Å². The van der Waals surface area contributed by atoms with Crippen molar-refractivity contribution in [3.63, 3.8) is 0 Å². The van der Waals surface area contributed by atoms with Gasteiger partial charge in [0.05, 0.1) is 11.0 Å². The van der Waals surface area contributed by atoms with Crippen molar-refractivity contribution in [1.82, 2.24) is 15.2 Å². The summed E-state index contributed by atoms with van der Waals surface area (Å²) < 4.78 is 8.92. The van der Waals surface area contributed by atoms with E-state index in [4.69, 9.17) is 9.41 Å². The van der Waals surface area contributed by atoms with Crippen LogP contribution in [0.3, 0.4) is 0 Å². The van der Waals surface area contributed by atoms with Crippen molar-refractivity contribution in [2.24, 2.45) is 4.99 Å². The molecule has 9 rings (SSSR count).